The van der Waals surface area contributed by atoms with E-state index in [2.05, 4.69) is 36.3 Å². The van der Waals surface area contributed by atoms with Crippen LogP contribution in [0.1, 0.15) is 54.9 Å². The zero-order valence-corrected chi connectivity index (χ0v) is 22.1. The van der Waals surface area contributed by atoms with Crippen molar-refractivity contribution >= 4 is 33.8 Å². The van der Waals surface area contributed by atoms with Gasteiger partial charge in [0.05, 0.1) is 31.9 Å². The molecule has 0 saturated carbocycles. The van der Waals surface area contributed by atoms with Gasteiger partial charge in [-0.25, -0.2) is 0 Å². The molecule has 2 aromatic rings. The summed E-state index contributed by atoms with van der Waals surface area (Å²) in [6.45, 7) is 12.4. The first kappa shape index (κ1) is 25.7. The van der Waals surface area contributed by atoms with E-state index in [9.17, 15) is 9.59 Å². The predicted octanol–water partition coefficient (Wildman–Crippen LogP) is 4.82. The molecule has 2 amide bonds. The highest BCUT2D eigenvalue weighted by molar-refractivity contribution is 7.17. The largest absolute Gasteiger partial charge is 0.494 e. The van der Waals surface area contributed by atoms with Crippen LogP contribution < -0.4 is 15.4 Å². The van der Waals surface area contributed by atoms with Crippen molar-refractivity contribution in [1.82, 2.24) is 4.90 Å². The van der Waals surface area contributed by atoms with Crippen LogP contribution in [0.5, 0.6) is 5.75 Å². The number of ether oxygens (including phenoxy) is 2. The van der Waals surface area contributed by atoms with Crippen LogP contribution in [0.3, 0.4) is 0 Å². The SMILES string of the molecule is CCOc1ccc(NC(=O)c2c(NC(=O)CN3CCOCC3)sc3c2CCC(C(C)(C)C)C3)cc1. The summed E-state index contributed by atoms with van der Waals surface area (Å²) in [6, 6.07) is 7.38. The van der Waals surface area contributed by atoms with E-state index in [4.69, 9.17) is 9.47 Å². The number of anilines is 2. The zero-order valence-electron chi connectivity index (χ0n) is 21.2. The van der Waals surface area contributed by atoms with Gasteiger partial charge in [0, 0.05) is 23.7 Å². The minimum Gasteiger partial charge on any atom is -0.494 e. The van der Waals surface area contributed by atoms with Crippen LogP contribution in [0, 0.1) is 11.3 Å². The van der Waals surface area contributed by atoms with Gasteiger partial charge >= 0.3 is 0 Å². The van der Waals surface area contributed by atoms with E-state index in [-0.39, 0.29) is 17.2 Å². The number of amides is 2. The Labute approximate surface area is 212 Å². The van der Waals surface area contributed by atoms with E-state index in [0.717, 1.165) is 43.7 Å². The van der Waals surface area contributed by atoms with E-state index in [1.54, 1.807) is 11.3 Å². The van der Waals surface area contributed by atoms with Crippen molar-refractivity contribution in [3.63, 3.8) is 0 Å². The number of morpholine rings is 1. The van der Waals surface area contributed by atoms with Gasteiger partial charge in [0.15, 0.2) is 0 Å². The lowest BCUT2D eigenvalue weighted by Gasteiger charge is -2.33. The Morgan fingerprint density at radius 2 is 1.86 bits per heavy atom. The number of hydrogen-bond donors (Lipinski definition) is 2. The molecular weight excluding hydrogens is 462 g/mol. The van der Waals surface area contributed by atoms with Crippen molar-refractivity contribution in [3.8, 4) is 5.75 Å². The molecule has 1 aliphatic heterocycles. The van der Waals surface area contributed by atoms with Crippen molar-refractivity contribution in [2.75, 3.05) is 50.1 Å². The minimum atomic E-state index is -0.178. The topological polar surface area (TPSA) is 79.9 Å². The summed E-state index contributed by atoms with van der Waals surface area (Å²) in [4.78, 5) is 29.7. The molecule has 1 saturated heterocycles. The molecule has 2 heterocycles. The van der Waals surface area contributed by atoms with Gasteiger partial charge in [0.2, 0.25) is 5.91 Å². The number of hydrogen-bond acceptors (Lipinski definition) is 6. The molecule has 7 nitrogen and oxygen atoms in total. The first-order valence-electron chi connectivity index (χ1n) is 12.5. The normalized spacial score (nSPS) is 18.6. The number of rotatable bonds is 7. The average Bonchev–Trinajstić information content (AvgIpc) is 3.17. The van der Waals surface area contributed by atoms with Crippen LogP contribution in [-0.4, -0.2) is 56.2 Å². The lowest BCUT2D eigenvalue weighted by atomic mass is 9.72. The van der Waals surface area contributed by atoms with Gasteiger partial charge in [-0.3, -0.25) is 14.5 Å². The van der Waals surface area contributed by atoms with Crippen LogP contribution >= 0.6 is 11.3 Å². The number of thiophene rings is 1. The fourth-order valence-electron chi connectivity index (χ4n) is 4.78. The summed E-state index contributed by atoms with van der Waals surface area (Å²) in [5, 5.41) is 6.77. The molecule has 1 aromatic carbocycles. The van der Waals surface area contributed by atoms with Crippen molar-refractivity contribution in [3.05, 3.63) is 40.3 Å². The highest BCUT2D eigenvalue weighted by atomic mass is 32.1. The first-order valence-corrected chi connectivity index (χ1v) is 13.3. The molecule has 4 rings (SSSR count). The van der Waals surface area contributed by atoms with E-state index >= 15 is 0 Å². The Morgan fingerprint density at radius 3 is 2.51 bits per heavy atom. The Bertz CT molecular complexity index is 1040. The molecule has 1 aromatic heterocycles. The second kappa shape index (κ2) is 11.1. The summed E-state index contributed by atoms with van der Waals surface area (Å²) < 4.78 is 10.9. The van der Waals surface area contributed by atoms with Crippen molar-refractivity contribution in [2.45, 2.75) is 47.0 Å². The maximum Gasteiger partial charge on any atom is 0.258 e. The minimum absolute atomic E-state index is 0.0898. The Hall–Kier alpha value is -2.42. The third kappa shape index (κ3) is 6.42. The molecule has 1 unspecified atom stereocenters. The molecule has 0 spiro atoms. The number of nitrogens with zero attached hydrogens (tertiary/aromatic N) is 1. The molecule has 2 N–H and O–H groups in total. The number of carbonyl (C=O) groups is 2. The van der Waals surface area contributed by atoms with Crippen LogP contribution in [0.4, 0.5) is 10.7 Å². The lowest BCUT2D eigenvalue weighted by molar-refractivity contribution is -0.118. The van der Waals surface area contributed by atoms with Gasteiger partial charge < -0.3 is 20.1 Å². The smallest absolute Gasteiger partial charge is 0.258 e. The van der Waals surface area contributed by atoms with E-state index in [1.807, 2.05) is 31.2 Å². The predicted molar refractivity (Wildman–Crippen MR) is 141 cm³/mol. The molecule has 0 bridgehead atoms. The van der Waals surface area contributed by atoms with E-state index < -0.39 is 0 Å². The highest BCUT2D eigenvalue weighted by Crippen LogP contribution is 2.44. The lowest BCUT2D eigenvalue weighted by Crippen LogP contribution is -2.41. The quantitative estimate of drug-likeness (QED) is 0.571. The second-order valence-corrected chi connectivity index (χ2v) is 11.5. The zero-order chi connectivity index (χ0) is 25.0. The molecular formula is C27H37N3O4S. The fraction of sp³-hybridized carbons (Fsp3) is 0.556. The summed E-state index contributed by atoms with van der Waals surface area (Å²) in [5.74, 6) is 1.05. The molecule has 1 atom stereocenters. The number of carbonyl (C=O) groups excluding carboxylic acids is 2. The Kier molecular flexibility index (Phi) is 8.14. The van der Waals surface area contributed by atoms with Crippen LogP contribution in [0.2, 0.25) is 0 Å². The van der Waals surface area contributed by atoms with Crippen molar-refractivity contribution < 1.29 is 19.1 Å². The van der Waals surface area contributed by atoms with Gasteiger partial charge in [-0.05, 0) is 67.3 Å². The van der Waals surface area contributed by atoms with Crippen molar-refractivity contribution in [1.29, 1.82) is 0 Å². The summed E-state index contributed by atoms with van der Waals surface area (Å²) in [7, 11) is 0. The number of fused-ring (bicyclic) bond motifs is 1. The first-order chi connectivity index (χ1) is 16.7. The maximum absolute atomic E-state index is 13.5. The van der Waals surface area contributed by atoms with E-state index in [0.29, 0.717) is 48.5 Å². The monoisotopic (exact) mass is 499 g/mol. The van der Waals surface area contributed by atoms with Crippen molar-refractivity contribution in [2.24, 2.45) is 11.3 Å². The third-order valence-corrected chi connectivity index (χ3v) is 8.03. The molecule has 35 heavy (non-hydrogen) atoms. The van der Waals surface area contributed by atoms with Gasteiger partial charge in [-0.1, -0.05) is 20.8 Å². The Balaban J connectivity index is 1.56. The fourth-order valence-corrected chi connectivity index (χ4v) is 6.12. The second-order valence-electron chi connectivity index (χ2n) is 10.4. The summed E-state index contributed by atoms with van der Waals surface area (Å²) in [5.41, 5.74) is 2.60. The summed E-state index contributed by atoms with van der Waals surface area (Å²) in [6.07, 6.45) is 2.82. The van der Waals surface area contributed by atoms with Crippen LogP contribution in [0.15, 0.2) is 24.3 Å². The molecule has 2 aliphatic rings. The number of nitrogens with one attached hydrogen (secondary N) is 2. The highest BCUT2D eigenvalue weighted by Gasteiger charge is 2.34. The Morgan fingerprint density at radius 1 is 1.14 bits per heavy atom. The molecule has 190 valence electrons. The van der Waals surface area contributed by atoms with Gasteiger partial charge in [-0.2, -0.15) is 0 Å². The maximum atomic E-state index is 13.5. The third-order valence-electron chi connectivity index (χ3n) is 6.86. The standard InChI is InChI=1S/C27H37N3O4S/c1-5-34-20-9-7-19(8-10-20)28-25(32)24-21-11-6-18(27(2,3)4)16-22(21)35-26(24)29-23(31)17-30-12-14-33-15-13-30/h7-10,18H,5-6,11-17H2,1-4H3,(H,28,32)(H,29,31). The molecule has 1 fully saturated rings. The van der Waals surface area contributed by atoms with Crippen LogP contribution in [-0.2, 0) is 22.4 Å². The molecule has 8 heteroatoms. The molecule has 1 aliphatic carbocycles. The van der Waals surface area contributed by atoms with Gasteiger partial charge in [0.25, 0.3) is 5.91 Å². The summed E-state index contributed by atoms with van der Waals surface area (Å²) >= 11 is 1.56. The van der Waals surface area contributed by atoms with Gasteiger partial charge in [0.1, 0.15) is 10.8 Å². The molecule has 0 radical (unpaired) electrons. The van der Waals surface area contributed by atoms with Gasteiger partial charge in [-0.15, -0.1) is 11.3 Å². The average molecular weight is 500 g/mol. The van der Waals surface area contributed by atoms with Crippen LogP contribution in [0.25, 0.3) is 0 Å². The number of benzene rings is 1. The van der Waals surface area contributed by atoms with E-state index in [1.165, 1.54) is 4.88 Å².